The van der Waals surface area contributed by atoms with Crippen LogP contribution < -0.4 is 5.32 Å². The number of benzene rings is 1. The van der Waals surface area contributed by atoms with Gasteiger partial charge in [0, 0.05) is 45.5 Å². The second-order valence-electron chi connectivity index (χ2n) is 6.14. The van der Waals surface area contributed by atoms with Gasteiger partial charge in [-0.05, 0) is 23.6 Å². The molecule has 0 saturated heterocycles. The molecule has 0 radical (unpaired) electrons. The van der Waals surface area contributed by atoms with Crippen LogP contribution in [0.5, 0.6) is 0 Å². The summed E-state index contributed by atoms with van der Waals surface area (Å²) in [7, 11) is 5.88. The van der Waals surface area contributed by atoms with E-state index in [-0.39, 0.29) is 24.0 Å². The van der Waals surface area contributed by atoms with Crippen LogP contribution in [0.4, 0.5) is 0 Å². The zero-order chi connectivity index (χ0) is 16.4. The molecule has 0 spiro atoms. The van der Waals surface area contributed by atoms with Crippen LogP contribution in [-0.4, -0.2) is 36.1 Å². The fourth-order valence-corrected chi connectivity index (χ4v) is 3.46. The third kappa shape index (κ3) is 4.06. The first kappa shape index (κ1) is 19.1. The minimum atomic E-state index is 0. The highest BCUT2D eigenvalue weighted by atomic mass is 127. The molecule has 1 aliphatic rings. The molecule has 6 heteroatoms. The van der Waals surface area contributed by atoms with Crippen molar-refractivity contribution in [3.05, 3.63) is 58.4 Å². The molecule has 1 heterocycles. The number of rotatable bonds is 4. The Bertz CT molecular complexity index is 726. The van der Waals surface area contributed by atoms with Crippen molar-refractivity contribution in [3.63, 3.8) is 0 Å². The quantitative estimate of drug-likeness (QED) is 0.431. The summed E-state index contributed by atoms with van der Waals surface area (Å²) in [6, 6.07) is 10.7. The predicted molar refractivity (Wildman–Crippen MR) is 112 cm³/mol. The lowest BCUT2D eigenvalue weighted by atomic mass is 9.78. The topological polar surface area (TPSA) is 32.6 Å². The third-order valence-corrected chi connectivity index (χ3v) is 4.72. The van der Waals surface area contributed by atoms with Crippen LogP contribution in [0.2, 0.25) is 5.02 Å². The van der Waals surface area contributed by atoms with Gasteiger partial charge in [-0.1, -0.05) is 35.9 Å². The smallest absolute Gasteiger partial charge is 0.193 e. The maximum absolute atomic E-state index is 6.05. The average Bonchev–Trinajstić information content (AvgIpc) is 2.81. The first-order valence-corrected chi connectivity index (χ1v) is 8.26. The molecule has 1 N–H and O–H groups in total. The molecule has 1 aromatic carbocycles. The summed E-state index contributed by atoms with van der Waals surface area (Å²) >= 11 is 6.05. The van der Waals surface area contributed by atoms with Crippen LogP contribution in [0.15, 0.2) is 41.5 Å². The van der Waals surface area contributed by atoms with Gasteiger partial charge >= 0.3 is 0 Å². The highest BCUT2D eigenvalue weighted by Crippen LogP contribution is 2.33. The number of guanidine groups is 1. The monoisotopic (exact) mass is 458 g/mol. The van der Waals surface area contributed by atoms with Crippen LogP contribution in [0.3, 0.4) is 0 Å². The second kappa shape index (κ2) is 8.25. The molecule has 0 amide bonds. The van der Waals surface area contributed by atoms with Gasteiger partial charge in [-0.15, -0.1) is 24.0 Å². The number of fused-ring (bicyclic) bond motifs is 1. The Morgan fingerprint density at radius 2 is 2.17 bits per heavy atom. The molecular weight excluding hydrogens is 435 g/mol. The number of aliphatic imine (C=N–C) groups is 1. The van der Waals surface area contributed by atoms with Crippen molar-refractivity contribution < 1.29 is 0 Å². The van der Waals surface area contributed by atoms with Crippen LogP contribution in [0.1, 0.15) is 22.7 Å². The molecular formula is C18H24ClIN4. The molecule has 1 aromatic heterocycles. The summed E-state index contributed by atoms with van der Waals surface area (Å²) < 4.78 is 2.05. The summed E-state index contributed by atoms with van der Waals surface area (Å²) in [6.07, 6.45) is 3.07. The fourth-order valence-electron chi connectivity index (χ4n) is 3.19. The van der Waals surface area contributed by atoms with Crippen molar-refractivity contribution in [2.75, 3.05) is 20.6 Å². The van der Waals surface area contributed by atoms with Gasteiger partial charge in [-0.3, -0.25) is 4.99 Å². The van der Waals surface area contributed by atoms with Gasteiger partial charge in [0.25, 0.3) is 0 Å². The molecule has 1 atom stereocenters. The SMILES string of the molecule is CN=C(NCC1Cc2ccccc21)N(C)Cc1cc(Cl)cn1C.I. The van der Waals surface area contributed by atoms with E-state index in [1.165, 1.54) is 11.1 Å². The van der Waals surface area contributed by atoms with Crippen molar-refractivity contribution in [2.45, 2.75) is 18.9 Å². The van der Waals surface area contributed by atoms with Crippen molar-refractivity contribution in [3.8, 4) is 0 Å². The number of hydrogen-bond acceptors (Lipinski definition) is 1. The molecule has 0 bridgehead atoms. The average molecular weight is 459 g/mol. The molecule has 4 nitrogen and oxygen atoms in total. The van der Waals surface area contributed by atoms with Gasteiger partial charge in [-0.2, -0.15) is 0 Å². The van der Waals surface area contributed by atoms with E-state index in [1.807, 2.05) is 38.0 Å². The van der Waals surface area contributed by atoms with Crippen molar-refractivity contribution in [1.29, 1.82) is 0 Å². The second-order valence-corrected chi connectivity index (χ2v) is 6.58. The van der Waals surface area contributed by atoms with E-state index in [1.54, 1.807) is 0 Å². The standard InChI is InChI=1S/C18H23ClN4.HI/c1-20-18(23(3)12-16-9-15(19)11-22(16)2)21-10-14-8-13-6-4-5-7-17(13)14;/h4-7,9,11,14H,8,10,12H2,1-3H3,(H,20,21);1H. The Hall–Kier alpha value is -1.21. The maximum atomic E-state index is 6.05. The normalized spacial score (nSPS) is 16.0. The molecule has 0 saturated carbocycles. The largest absolute Gasteiger partial charge is 0.356 e. The highest BCUT2D eigenvalue weighted by Gasteiger charge is 2.25. The van der Waals surface area contributed by atoms with Crippen LogP contribution >= 0.6 is 35.6 Å². The summed E-state index contributed by atoms with van der Waals surface area (Å²) in [4.78, 5) is 6.52. The molecule has 130 valence electrons. The minimum Gasteiger partial charge on any atom is -0.356 e. The number of nitrogens with one attached hydrogen (secondary N) is 1. The van der Waals surface area contributed by atoms with E-state index < -0.39 is 0 Å². The number of halogens is 2. The highest BCUT2D eigenvalue weighted by molar-refractivity contribution is 14.0. The van der Waals surface area contributed by atoms with Crippen molar-refractivity contribution in [1.82, 2.24) is 14.8 Å². The maximum Gasteiger partial charge on any atom is 0.193 e. The molecule has 0 aliphatic heterocycles. The Balaban J connectivity index is 0.00000208. The number of aromatic nitrogens is 1. The Morgan fingerprint density at radius 1 is 1.42 bits per heavy atom. The van der Waals surface area contributed by atoms with Crippen LogP contribution in [0, 0.1) is 0 Å². The van der Waals surface area contributed by atoms with Gasteiger partial charge in [0.2, 0.25) is 0 Å². The first-order chi connectivity index (χ1) is 11.1. The van der Waals surface area contributed by atoms with E-state index in [9.17, 15) is 0 Å². The molecule has 24 heavy (non-hydrogen) atoms. The van der Waals surface area contributed by atoms with Gasteiger partial charge in [-0.25, -0.2) is 0 Å². The Labute approximate surface area is 165 Å². The molecule has 3 rings (SSSR count). The molecule has 1 aliphatic carbocycles. The summed E-state index contributed by atoms with van der Waals surface area (Å²) in [5, 5.41) is 4.26. The summed E-state index contributed by atoms with van der Waals surface area (Å²) in [5.74, 6) is 1.49. The lowest BCUT2D eigenvalue weighted by Gasteiger charge is -2.32. The zero-order valence-corrected chi connectivity index (χ0v) is 17.4. The van der Waals surface area contributed by atoms with Gasteiger partial charge in [0.05, 0.1) is 11.6 Å². The third-order valence-electron chi connectivity index (χ3n) is 4.51. The van der Waals surface area contributed by atoms with Gasteiger partial charge < -0.3 is 14.8 Å². The molecule has 2 aromatic rings. The lowest BCUT2D eigenvalue weighted by molar-refractivity contribution is 0.454. The molecule has 1 unspecified atom stereocenters. The predicted octanol–water partition coefficient (Wildman–Crippen LogP) is 3.64. The van der Waals surface area contributed by atoms with Gasteiger partial charge in [0.1, 0.15) is 0 Å². The first-order valence-electron chi connectivity index (χ1n) is 7.89. The summed E-state index contributed by atoms with van der Waals surface area (Å²) in [6.45, 7) is 1.69. The van der Waals surface area contributed by atoms with Gasteiger partial charge in [0.15, 0.2) is 5.96 Å². The van der Waals surface area contributed by atoms with Crippen LogP contribution in [-0.2, 0) is 20.0 Å². The number of aryl methyl sites for hydroxylation is 1. The zero-order valence-electron chi connectivity index (χ0n) is 14.3. The van der Waals surface area contributed by atoms with Crippen molar-refractivity contribution >= 4 is 41.5 Å². The van der Waals surface area contributed by atoms with E-state index >= 15 is 0 Å². The fraction of sp³-hybridized carbons (Fsp3) is 0.389. The lowest BCUT2D eigenvalue weighted by Crippen LogP contribution is -2.42. The Kier molecular flexibility index (Phi) is 6.57. The Morgan fingerprint density at radius 3 is 2.79 bits per heavy atom. The van der Waals surface area contributed by atoms with E-state index in [4.69, 9.17) is 11.6 Å². The van der Waals surface area contributed by atoms with Crippen molar-refractivity contribution in [2.24, 2.45) is 12.0 Å². The van der Waals surface area contributed by atoms with E-state index in [0.29, 0.717) is 5.92 Å². The minimum absolute atomic E-state index is 0. The number of hydrogen-bond donors (Lipinski definition) is 1. The van der Waals surface area contributed by atoms with Crippen LogP contribution in [0.25, 0.3) is 0 Å². The van der Waals surface area contributed by atoms with E-state index in [2.05, 4.69) is 39.5 Å². The van der Waals surface area contributed by atoms with E-state index in [0.717, 1.165) is 36.2 Å². The molecule has 0 fully saturated rings. The summed E-state index contributed by atoms with van der Waals surface area (Å²) in [5.41, 5.74) is 4.10. The number of nitrogens with zero attached hydrogens (tertiary/aromatic N) is 3.